The van der Waals surface area contributed by atoms with Crippen LogP contribution in [0, 0.1) is 0 Å². The molecular weight excluding hydrogens is 420 g/mol. The summed E-state index contributed by atoms with van der Waals surface area (Å²) in [6.45, 7) is 3.25. The van der Waals surface area contributed by atoms with E-state index in [1.807, 2.05) is 24.4 Å². The van der Waals surface area contributed by atoms with E-state index in [1.165, 1.54) is 11.3 Å². The van der Waals surface area contributed by atoms with Gasteiger partial charge in [-0.15, -0.1) is 10.2 Å². The molecule has 0 N–H and O–H groups in total. The zero-order valence-corrected chi connectivity index (χ0v) is 20.0. The lowest BCUT2D eigenvalue weighted by molar-refractivity contribution is 0.0934. The highest BCUT2D eigenvalue weighted by molar-refractivity contribution is 7.98. The topological polar surface area (TPSA) is 59.3 Å². The average molecular weight is 453 g/mol. The minimum atomic E-state index is 0.239. The molecule has 3 aromatic rings. The molecule has 0 amide bonds. The number of nitrogens with zero attached hydrogens (tertiary/aromatic N) is 6. The Morgan fingerprint density at radius 1 is 1.06 bits per heavy atom. The second-order valence-corrected chi connectivity index (χ2v) is 9.43. The first-order valence-corrected chi connectivity index (χ1v) is 12.1. The van der Waals surface area contributed by atoms with Gasteiger partial charge in [0.25, 0.3) is 0 Å². The van der Waals surface area contributed by atoms with Crippen molar-refractivity contribution in [2.45, 2.75) is 49.5 Å². The van der Waals surface area contributed by atoms with Crippen molar-refractivity contribution in [2.24, 2.45) is 0 Å². The van der Waals surface area contributed by atoms with Crippen molar-refractivity contribution in [1.82, 2.24) is 24.6 Å². The normalized spacial score (nSPS) is 16.1. The van der Waals surface area contributed by atoms with Gasteiger partial charge in [0.1, 0.15) is 5.82 Å². The van der Waals surface area contributed by atoms with Crippen LogP contribution in [0.4, 0.5) is 5.69 Å². The third kappa shape index (κ3) is 6.09. The molecule has 3 heterocycles. The van der Waals surface area contributed by atoms with Gasteiger partial charge in [-0.05, 0) is 49.7 Å². The summed E-state index contributed by atoms with van der Waals surface area (Å²) in [5.74, 6) is 1.76. The summed E-state index contributed by atoms with van der Waals surface area (Å²) in [4.78, 5) is 8.83. The van der Waals surface area contributed by atoms with Crippen molar-refractivity contribution >= 4 is 17.4 Å². The van der Waals surface area contributed by atoms with Crippen molar-refractivity contribution in [3.8, 4) is 0 Å². The first-order valence-electron chi connectivity index (χ1n) is 11.1. The lowest BCUT2D eigenvalue weighted by Gasteiger charge is -2.19. The summed E-state index contributed by atoms with van der Waals surface area (Å²) < 4.78 is 8.16. The lowest BCUT2D eigenvalue weighted by atomic mass is 10.2. The summed E-state index contributed by atoms with van der Waals surface area (Å²) in [6, 6.07) is 14.7. The number of thioether (sulfide) groups is 1. The van der Waals surface area contributed by atoms with Crippen LogP contribution >= 0.6 is 11.8 Å². The van der Waals surface area contributed by atoms with E-state index >= 15 is 0 Å². The highest BCUT2D eigenvalue weighted by Gasteiger charge is 2.22. The van der Waals surface area contributed by atoms with Gasteiger partial charge in [-0.25, -0.2) is 0 Å². The SMILES string of the molecule is CN(Cc1ccc(N(C)C)cc1)Cc1nnc(SCc2ccccn2)n1C[C@@H]1CCCO1. The molecule has 0 aliphatic carbocycles. The molecule has 1 atom stereocenters. The fraction of sp³-hybridized carbons (Fsp3) is 0.458. The van der Waals surface area contributed by atoms with Crippen molar-refractivity contribution in [3.05, 3.63) is 65.7 Å². The Bertz CT molecular complexity index is 970. The maximum atomic E-state index is 5.91. The molecule has 7 nitrogen and oxygen atoms in total. The van der Waals surface area contributed by atoms with Crippen molar-refractivity contribution in [1.29, 1.82) is 0 Å². The Morgan fingerprint density at radius 2 is 1.91 bits per heavy atom. The van der Waals surface area contributed by atoms with E-state index in [4.69, 9.17) is 4.74 Å². The number of hydrogen-bond donors (Lipinski definition) is 0. The highest BCUT2D eigenvalue weighted by Crippen LogP contribution is 2.24. The zero-order chi connectivity index (χ0) is 22.3. The van der Waals surface area contributed by atoms with E-state index in [1.54, 1.807) is 11.8 Å². The van der Waals surface area contributed by atoms with Crippen LogP contribution in [0.5, 0.6) is 0 Å². The third-order valence-electron chi connectivity index (χ3n) is 5.60. The molecule has 1 saturated heterocycles. The molecule has 1 aliphatic rings. The summed E-state index contributed by atoms with van der Waals surface area (Å²) in [5, 5.41) is 10.0. The van der Waals surface area contributed by atoms with Crippen LogP contribution in [-0.2, 0) is 30.1 Å². The zero-order valence-electron chi connectivity index (χ0n) is 19.1. The van der Waals surface area contributed by atoms with Gasteiger partial charge in [-0.2, -0.15) is 0 Å². The fourth-order valence-corrected chi connectivity index (χ4v) is 4.73. The van der Waals surface area contributed by atoms with Crippen LogP contribution in [0.1, 0.15) is 29.9 Å². The molecule has 1 aliphatic heterocycles. The van der Waals surface area contributed by atoms with E-state index in [0.29, 0.717) is 0 Å². The predicted molar refractivity (Wildman–Crippen MR) is 129 cm³/mol. The van der Waals surface area contributed by atoms with Crippen molar-refractivity contribution in [2.75, 3.05) is 32.6 Å². The summed E-state index contributed by atoms with van der Waals surface area (Å²) in [7, 11) is 6.25. The first-order chi connectivity index (χ1) is 15.6. The number of anilines is 1. The molecule has 4 rings (SSSR count). The predicted octanol–water partition coefficient (Wildman–Crippen LogP) is 3.84. The van der Waals surface area contributed by atoms with Crippen LogP contribution in [0.3, 0.4) is 0 Å². The van der Waals surface area contributed by atoms with Gasteiger partial charge in [0, 0.05) is 44.9 Å². The summed E-state index contributed by atoms with van der Waals surface area (Å²) in [5.41, 5.74) is 3.54. The number of pyridine rings is 1. The van der Waals surface area contributed by atoms with Crippen molar-refractivity contribution < 1.29 is 4.74 Å². The van der Waals surface area contributed by atoms with Crippen LogP contribution in [0.15, 0.2) is 53.8 Å². The Hall–Kier alpha value is -2.42. The minimum absolute atomic E-state index is 0.239. The monoisotopic (exact) mass is 452 g/mol. The molecule has 0 spiro atoms. The van der Waals surface area contributed by atoms with Crippen LogP contribution in [0.2, 0.25) is 0 Å². The van der Waals surface area contributed by atoms with Gasteiger partial charge >= 0.3 is 0 Å². The average Bonchev–Trinajstić information content (AvgIpc) is 3.44. The Kier molecular flexibility index (Phi) is 7.78. The van der Waals surface area contributed by atoms with Crippen molar-refractivity contribution in [3.63, 3.8) is 0 Å². The quantitative estimate of drug-likeness (QED) is 0.433. The van der Waals surface area contributed by atoms with Gasteiger partial charge in [0.2, 0.25) is 0 Å². The Labute approximate surface area is 194 Å². The number of benzene rings is 1. The fourth-order valence-electron chi connectivity index (χ4n) is 3.85. The molecule has 32 heavy (non-hydrogen) atoms. The molecule has 1 fully saturated rings. The Balaban J connectivity index is 1.44. The number of hydrogen-bond acceptors (Lipinski definition) is 7. The molecule has 0 saturated carbocycles. The maximum Gasteiger partial charge on any atom is 0.191 e. The van der Waals surface area contributed by atoms with Crippen LogP contribution in [-0.4, -0.2) is 58.5 Å². The van der Waals surface area contributed by atoms with Gasteiger partial charge < -0.3 is 14.2 Å². The molecule has 0 radical (unpaired) electrons. The smallest absolute Gasteiger partial charge is 0.191 e. The molecule has 1 aromatic carbocycles. The number of ether oxygens (including phenoxy) is 1. The lowest BCUT2D eigenvalue weighted by Crippen LogP contribution is -2.23. The van der Waals surface area contributed by atoms with Gasteiger partial charge in [-0.3, -0.25) is 9.88 Å². The molecule has 0 unspecified atom stereocenters. The van der Waals surface area contributed by atoms with Gasteiger partial charge in [0.15, 0.2) is 5.16 Å². The molecule has 0 bridgehead atoms. The van der Waals surface area contributed by atoms with E-state index in [0.717, 1.165) is 61.5 Å². The molecule has 8 heteroatoms. The van der Waals surface area contributed by atoms with Crippen LogP contribution < -0.4 is 4.90 Å². The number of rotatable bonds is 10. The van der Waals surface area contributed by atoms with E-state index in [2.05, 4.69) is 75.0 Å². The van der Waals surface area contributed by atoms with E-state index in [9.17, 15) is 0 Å². The third-order valence-corrected chi connectivity index (χ3v) is 6.60. The second kappa shape index (κ2) is 10.9. The summed E-state index contributed by atoms with van der Waals surface area (Å²) >= 11 is 1.69. The Morgan fingerprint density at radius 3 is 2.59 bits per heavy atom. The van der Waals surface area contributed by atoms with E-state index in [-0.39, 0.29) is 6.10 Å². The standard InChI is InChI=1S/C24H32N6OS/c1-28(2)21-11-9-19(10-12-21)15-29(3)17-23-26-27-24(30(23)16-22-8-6-14-31-22)32-18-20-7-4-5-13-25-20/h4-5,7,9-13,22H,6,8,14-18H2,1-3H3/t22-/m0/s1. The van der Waals surface area contributed by atoms with Gasteiger partial charge in [-0.1, -0.05) is 30.0 Å². The number of aromatic nitrogens is 4. The molecule has 170 valence electrons. The maximum absolute atomic E-state index is 5.91. The van der Waals surface area contributed by atoms with Crippen LogP contribution in [0.25, 0.3) is 0 Å². The molecule has 2 aromatic heterocycles. The first kappa shape index (κ1) is 22.8. The molecular formula is C24H32N6OS. The summed E-state index contributed by atoms with van der Waals surface area (Å²) in [6.07, 6.45) is 4.29. The van der Waals surface area contributed by atoms with Gasteiger partial charge in [0.05, 0.1) is 24.9 Å². The largest absolute Gasteiger partial charge is 0.378 e. The second-order valence-electron chi connectivity index (χ2n) is 8.49. The highest BCUT2D eigenvalue weighted by atomic mass is 32.2. The minimum Gasteiger partial charge on any atom is -0.378 e. The van der Waals surface area contributed by atoms with E-state index < -0.39 is 0 Å².